The van der Waals surface area contributed by atoms with Gasteiger partial charge in [0.1, 0.15) is 5.82 Å². The van der Waals surface area contributed by atoms with Gasteiger partial charge in [0.25, 0.3) is 5.24 Å². The molecule has 1 aliphatic heterocycles. The van der Waals surface area contributed by atoms with E-state index < -0.39 is 5.82 Å². The molecule has 2 N–H and O–H groups in total. The molecule has 0 spiro atoms. The number of thioether (sulfide) groups is 1. The zero-order valence-electron chi connectivity index (χ0n) is 8.27. The fourth-order valence-corrected chi connectivity index (χ4v) is 2.21. The molecule has 0 aromatic heterocycles. The summed E-state index contributed by atoms with van der Waals surface area (Å²) in [4.78, 5) is 23.7. The lowest BCUT2D eigenvalue weighted by Crippen LogP contribution is -2.27. The second-order valence-electron chi connectivity index (χ2n) is 3.43. The number of imide groups is 1. The van der Waals surface area contributed by atoms with Crippen molar-refractivity contribution in [2.45, 2.75) is 6.54 Å². The first kappa shape index (κ1) is 10.9. The molecule has 0 bridgehead atoms. The molecule has 1 saturated heterocycles. The molecule has 2 amide bonds. The number of hydrogen-bond donors (Lipinski definition) is 1. The molecule has 4 nitrogen and oxygen atoms in total. The standard InChI is InChI=1S/C10H9FN2O2S/c11-7-1-6(2-8(12)3-7)4-13-9(14)5-16-10(13)15/h1-3H,4-5,12H2. The van der Waals surface area contributed by atoms with Crippen LogP contribution in [0.1, 0.15) is 5.56 Å². The second kappa shape index (κ2) is 4.13. The van der Waals surface area contributed by atoms with Crippen molar-refractivity contribution < 1.29 is 14.0 Å². The third-order valence-corrected chi connectivity index (χ3v) is 3.02. The maximum absolute atomic E-state index is 13.0. The quantitative estimate of drug-likeness (QED) is 0.797. The summed E-state index contributed by atoms with van der Waals surface area (Å²) in [6.45, 7) is 0.0760. The van der Waals surface area contributed by atoms with Gasteiger partial charge in [-0.05, 0) is 23.8 Å². The Kier molecular flexibility index (Phi) is 2.82. The number of rotatable bonds is 2. The van der Waals surface area contributed by atoms with Crippen LogP contribution < -0.4 is 5.73 Å². The number of anilines is 1. The monoisotopic (exact) mass is 240 g/mol. The van der Waals surface area contributed by atoms with Crippen LogP contribution in [0.2, 0.25) is 0 Å². The van der Waals surface area contributed by atoms with E-state index in [1.54, 1.807) is 6.07 Å². The van der Waals surface area contributed by atoms with Crippen molar-refractivity contribution in [1.29, 1.82) is 0 Å². The van der Waals surface area contributed by atoms with Gasteiger partial charge in [-0.2, -0.15) is 0 Å². The van der Waals surface area contributed by atoms with Crippen LogP contribution >= 0.6 is 11.8 Å². The van der Waals surface area contributed by atoms with E-state index in [0.717, 1.165) is 16.7 Å². The Labute approximate surface area is 95.6 Å². The summed E-state index contributed by atoms with van der Waals surface area (Å²) in [6.07, 6.45) is 0. The average molecular weight is 240 g/mol. The van der Waals surface area contributed by atoms with Gasteiger partial charge in [-0.15, -0.1) is 0 Å². The molecule has 1 heterocycles. The minimum atomic E-state index is -0.471. The number of nitrogens with two attached hydrogens (primary N) is 1. The number of carbonyl (C=O) groups excluding carboxylic acids is 2. The topological polar surface area (TPSA) is 63.4 Å². The number of benzene rings is 1. The molecule has 6 heteroatoms. The van der Waals surface area contributed by atoms with E-state index in [4.69, 9.17) is 5.73 Å². The summed E-state index contributed by atoms with van der Waals surface area (Å²) in [5.74, 6) is -0.566. The molecule has 84 valence electrons. The van der Waals surface area contributed by atoms with Gasteiger partial charge in [0.15, 0.2) is 0 Å². The van der Waals surface area contributed by atoms with Crippen molar-refractivity contribution in [1.82, 2.24) is 4.90 Å². The molecule has 1 aliphatic rings. The van der Waals surface area contributed by atoms with E-state index in [1.807, 2.05) is 0 Å². The normalized spacial score (nSPS) is 15.9. The Morgan fingerprint density at radius 3 is 2.69 bits per heavy atom. The predicted octanol–water partition coefficient (Wildman–Crippen LogP) is 1.60. The van der Waals surface area contributed by atoms with Crippen LogP contribution in [0.3, 0.4) is 0 Å². The number of nitrogen functional groups attached to an aromatic ring is 1. The van der Waals surface area contributed by atoms with Crippen molar-refractivity contribution in [3.8, 4) is 0 Å². The Morgan fingerprint density at radius 1 is 1.38 bits per heavy atom. The summed E-state index contributed by atoms with van der Waals surface area (Å²) < 4.78 is 13.0. The van der Waals surface area contributed by atoms with Crippen molar-refractivity contribution in [3.63, 3.8) is 0 Å². The first-order valence-electron chi connectivity index (χ1n) is 4.58. The molecule has 0 unspecified atom stereocenters. The molecular formula is C10H9FN2O2S. The minimum Gasteiger partial charge on any atom is -0.399 e. The average Bonchev–Trinajstić information content (AvgIpc) is 2.48. The Hall–Kier alpha value is -1.56. The predicted molar refractivity (Wildman–Crippen MR) is 59.2 cm³/mol. The highest BCUT2D eigenvalue weighted by molar-refractivity contribution is 8.14. The molecule has 0 aliphatic carbocycles. The van der Waals surface area contributed by atoms with Crippen molar-refractivity contribution >= 4 is 28.6 Å². The summed E-state index contributed by atoms with van der Waals surface area (Å²) in [7, 11) is 0. The Morgan fingerprint density at radius 2 is 2.12 bits per heavy atom. The molecule has 0 atom stereocenters. The minimum absolute atomic E-state index is 0.0760. The highest BCUT2D eigenvalue weighted by Crippen LogP contribution is 2.22. The van der Waals surface area contributed by atoms with Gasteiger partial charge in [-0.3, -0.25) is 14.5 Å². The Balaban J connectivity index is 2.20. The first-order valence-corrected chi connectivity index (χ1v) is 5.57. The lowest BCUT2D eigenvalue weighted by molar-refractivity contribution is -0.125. The maximum atomic E-state index is 13.0. The number of carbonyl (C=O) groups is 2. The molecular weight excluding hydrogens is 231 g/mol. The fraction of sp³-hybridized carbons (Fsp3) is 0.200. The van der Waals surface area contributed by atoms with Crippen molar-refractivity contribution in [2.75, 3.05) is 11.5 Å². The van der Waals surface area contributed by atoms with Gasteiger partial charge in [0.2, 0.25) is 5.91 Å². The SMILES string of the molecule is Nc1cc(F)cc(CN2C(=O)CSC2=O)c1. The van der Waals surface area contributed by atoms with E-state index in [0.29, 0.717) is 5.56 Å². The van der Waals surface area contributed by atoms with Gasteiger partial charge in [-0.25, -0.2) is 4.39 Å². The van der Waals surface area contributed by atoms with E-state index in [9.17, 15) is 14.0 Å². The third kappa shape index (κ3) is 2.16. The van der Waals surface area contributed by atoms with Crippen molar-refractivity contribution in [3.05, 3.63) is 29.6 Å². The highest BCUT2D eigenvalue weighted by atomic mass is 32.2. The van der Waals surface area contributed by atoms with Gasteiger partial charge in [-0.1, -0.05) is 11.8 Å². The molecule has 0 radical (unpaired) electrons. The Bertz CT molecular complexity index is 428. The summed E-state index contributed by atoms with van der Waals surface area (Å²) >= 11 is 0.954. The van der Waals surface area contributed by atoms with E-state index in [-0.39, 0.29) is 29.1 Å². The van der Waals surface area contributed by atoms with E-state index in [2.05, 4.69) is 0 Å². The fourth-order valence-electron chi connectivity index (χ4n) is 1.48. The van der Waals surface area contributed by atoms with Gasteiger partial charge in [0, 0.05) is 5.69 Å². The molecule has 2 rings (SSSR count). The maximum Gasteiger partial charge on any atom is 0.289 e. The lowest BCUT2D eigenvalue weighted by Gasteiger charge is -2.13. The molecule has 1 aromatic rings. The zero-order valence-corrected chi connectivity index (χ0v) is 9.09. The lowest BCUT2D eigenvalue weighted by atomic mass is 10.2. The van der Waals surface area contributed by atoms with Crippen LogP contribution in [-0.4, -0.2) is 21.8 Å². The second-order valence-corrected chi connectivity index (χ2v) is 4.35. The van der Waals surface area contributed by atoms with E-state index in [1.165, 1.54) is 12.1 Å². The number of halogens is 1. The van der Waals surface area contributed by atoms with Gasteiger partial charge in [0.05, 0.1) is 12.3 Å². The third-order valence-electron chi connectivity index (χ3n) is 2.16. The largest absolute Gasteiger partial charge is 0.399 e. The number of amides is 2. The van der Waals surface area contributed by atoms with Crippen LogP contribution in [0.25, 0.3) is 0 Å². The van der Waals surface area contributed by atoms with Crippen LogP contribution in [0, 0.1) is 5.82 Å². The number of hydrogen-bond acceptors (Lipinski definition) is 4. The highest BCUT2D eigenvalue weighted by Gasteiger charge is 2.29. The molecule has 1 aromatic carbocycles. The van der Waals surface area contributed by atoms with Gasteiger partial charge >= 0.3 is 0 Å². The summed E-state index contributed by atoms with van der Waals surface area (Å²) in [6, 6.07) is 4.00. The van der Waals surface area contributed by atoms with Gasteiger partial charge < -0.3 is 5.73 Å². The van der Waals surface area contributed by atoms with Crippen molar-refractivity contribution in [2.24, 2.45) is 0 Å². The van der Waals surface area contributed by atoms with Crippen LogP contribution in [0.5, 0.6) is 0 Å². The van der Waals surface area contributed by atoms with E-state index >= 15 is 0 Å². The molecule has 16 heavy (non-hydrogen) atoms. The zero-order chi connectivity index (χ0) is 11.7. The van der Waals surface area contributed by atoms with Crippen LogP contribution in [-0.2, 0) is 11.3 Å². The first-order chi connectivity index (χ1) is 7.56. The van der Waals surface area contributed by atoms with Crippen LogP contribution in [0.15, 0.2) is 18.2 Å². The number of nitrogens with zero attached hydrogens (tertiary/aromatic N) is 1. The molecule has 0 saturated carbocycles. The van der Waals surface area contributed by atoms with Crippen LogP contribution in [0.4, 0.5) is 14.9 Å². The smallest absolute Gasteiger partial charge is 0.289 e. The summed E-state index contributed by atoms with van der Waals surface area (Å²) in [5.41, 5.74) is 6.26. The molecule has 1 fully saturated rings. The summed E-state index contributed by atoms with van der Waals surface area (Å²) in [5, 5.41) is -0.298.